The van der Waals surface area contributed by atoms with Gasteiger partial charge >= 0.3 is 0 Å². The summed E-state index contributed by atoms with van der Waals surface area (Å²) in [6.45, 7) is 0. The standard InChI is InChI=1S/C17H15BrN2O3S/c1-20-12-8-13(22-2)14(23-3)9-15(12)24-17(20)19-16(21)10-4-6-11(18)7-5-10/h4-9H,1-3H3. The Morgan fingerprint density at radius 2 is 1.75 bits per heavy atom. The van der Waals surface area contributed by atoms with Gasteiger partial charge in [-0.3, -0.25) is 4.79 Å². The van der Waals surface area contributed by atoms with Crippen LogP contribution in [0.25, 0.3) is 10.2 Å². The Hall–Kier alpha value is -2.12. The van der Waals surface area contributed by atoms with Gasteiger partial charge in [-0.25, -0.2) is 0 Å². The molecule has 0 spiro atoms. The Balaban J connectivity index is 2.10. The van der Waals surface area contributed by atoms with Crippen LogP contribution in [0.1, 0.15) is 10.4 Å². The minimum atomic E-state index is -0.274. The van der Waals surface area contributed by atoms with Gasteiger partial charge in [0.15, 0.2) is 16.3 Å². The number of hydrogen-bond donors (Lipinski definition) is 0. The summed E-state index contributed by atoms with van der Waals surface area (Å²) in [7, 11) is 5.07. The van der Waals surface area contributed by atoms with Crippen molar-refractivity contribution in [1.82, 2.24) is 4.57 Å². The fourth-order valence-electron chi connectivity index (χ4n) is 2.31. The second-order valence-corrected chi connectivity index (χ2v) is 6.97. The van der Waals surface area contributed by atoms with E-state index in [0.717, 1.165) is 14.7 Å². The average Bonchev–Trinajstić information content (AvgIpc) is 2.89. The largest absolute Gasteiger partial charge is 0.493 e. The smallest absolute Gasteiger partial charge is 0.279 e. The maximum atomic E-state index is 12.4. The Bertz CT molecular complexity index is 974. The van der Waals surface area contributed by atoms with Gasteiger partial charge in [-0.05, 0) is 24.3 Å². The van der Waals surface area contributed by atoms with Gasteiger partial charge < -0.3 is 14.0 Å². The van der Waals surface area contributed by atoms with E-state index in [-0.39, 0.29) is 5.91 Å². The van der Waals surface area contributed by atoms with E-state index < -0.39 is 0 Å². The van der Waals surface area contributed by atoms with E-state index in [2.05, 4.69) is 20.9 Å². The molecule has 0 bridgehead atoms. The van der Waals surface area contributed by atoms with Gasteiger partial charge in [-0.15, -0.1) is 0 Å². The lowest BCUT2D eigenvalue weighted by molar-refractivity contribution is 0.0998. The lowest BCUT2D eigenvalue weighted by Crippen LogP contribution is -2.13. The molecule has 7 heteroatoms. The first-order chi connectivity index (χ1) is 11.5. The highest BCUT2D eigenvalue weighted by atomic mass is 79.9. The van der Waals surface area contributed by atoms with Crippen LogP contribution in [-0.2, 0) is 7.05 Å². The van der Waals surface area contributed by atoms with Crippen molar-refractivity contribution in [3.8, 4) is 11.5 Å². The summed E-state index contributed by atoms with van der Waals surface area (Å²) in [6, 6.07) is 10.9. The normalized spacial score (nSPS) is 11.8. The molecule has 0 radical (unpaired) electrons. The zero-order valence-electron chi connectivity index (χ0n) is 13.4. The molecule has 2 aromatic carbocycles. The topological polar surface area (TPSA) is 52.8 Å². The highest BCUT2D eigenvalue weighted by molar-refractivity contribution is 9.10. The molecule has 0 aliphatic heterocycles. The molecule has 0 aliphatic rings. The van der Waals surface area contributed by atoms with Gasteiger partial charge in [0.05, 0.1) is 24.4 Å². The SMILES string of the molecule is COc1cc2sc(=NC(=O)c3ccc(Br)cc3)n(C)c2cc1OC. The molecule has 0 fully saturated rings. The van der Waals surface area contributed by atoms with Crippen LogP contribution in [-0.4, -0.2) is 24.7 Å². The average molecular weight is 407 g/mol. The van der Waals surface area contributed by atoms with Gasteiger partial charge in [0.25, 0.3) is 5.91 Å². The quantitative estimate of drug-likeness (QED) is 0.665. The first kappa shape index (κ1) is 16.7. The molecular weight excluding hydrogens is 392 g/mol. The lowest BCUT2D eigenvalue weighted by Gasteiger charge is -2.07. The molecule has 0 aliphatic carbocycles. The summed E-state index contributed by atoms with van der Waals surface area (Å²) in [5.74, 6) is 1.02. The van der Waals surface area contributed by atoms with E-state index in [0.29, 0.717) is 21.9 Å². The molecule has 0 atom stereocenters. The molecule has 0 saturated heterocycles. The van der Waals surface area contributed by atoms with Gasteiger partial charge in [-0.1, -0.05) is 27.3 Å². The minimum absolute atomic E-state index is 0.274. The summed E-state index contributed by atoms with van der Waals surface area (Å²) in [4.78, 5) is 17.2. The van der Waals surface area contributed by atoms with Crippen molar-refractivity contribution in [2.75, 3.05) is 14.2 Å². The molecule has 124 valence electrons. The first-order valence-electron chi connectivity index (χ1n) is 7.09. The van der Waals surface area contributed by atoms with Crippen molar-refractivity contribution in [3.05, 3.63) is 51.2 Å². The van der Waals surface area contributed by atoms with E-state index >= 15 is 0 Å². The second-order valence-electron chi connectivity index (χ2n) is 5.04. The number of ether oxygens (including phenoxy) is 2. The van der Waals surface area contributed by atoms with Crippen molar-refractivity contribution in [2.24, 2.45) is 12.0 Å². The van der Waals surface area contributed by atoms with Crippen LogP contribution in [0.5, 0.6) is 11.5 Å². The number of aryl methyl sites for hydroxylation is 1. The third kappa shape index (κ3) is 3.09. The number of nitrogens with zero attached hydrogens (tertiary/aromatic N) is 2. The predicted molar refractivity (Wildman–Crippen MR) is 97.9 cm³/mol. The maximum Gasteiger partial charge on any atom is 0.279 e. The van der Waals surface area contributed by atoms with Gasteiger partial charge in [0, 0.05) is 29.2 Å². The fourth-order valence-corrected chi connectivity index (χ4v) is 3.60. The van der Waals surface area contributed by atoms with Crippen LogP contribution >= 0.6 is 27.3 Å². The van der Waals surface area contributed by atoms with Gasteiger partial charge in [0.1, 0.15) is 0 Å². The van der Waals surface area contributed by atoms with Crippen molar-refractivity contribution in [1.29, 1.82) is 0 Å². The summed E-state index contributed by atoms with van der Waals surface area (Å²) in [5.41, 5.74) is 1.48. The van der Waals surface area contributed by atoms with E-state index in [1.54, 1.807) is 26.4 Å². The Morgan fingerprint density at radius 1 is 1.12 bits per heavy atom. The number of methoxy groups -OCH3 is 2. The summed E-state index contributed by atoms with van der Waals surface area (Å²) < 4.78 is 14.4. The zero-order chi connectivity index (χ0) is 17.3. The number of aromatic nitrogens is 1. The third-order valence-electron chi connectivity index (χ3n) is 3.60. The summed E-state index contributed by atoms with van der Waals surface area (Å²) in [5, 5.41) is 0. The van der Waals surface area contributed by atoms with Crippen LogP contribution in [0.15, 0.2) is 45.9 Å². The van der Waals surface area contributed by atoms with E-state index in [1.807, 2.05) is 35.9 Å². The number of rotatable bonds is 3. The van der Waals surface area contributed by atoms with E-state index in [4.69, 9.17) is 9.47 Å². The van der Waals surface area contributed by atoms with Gasteiger partial charge in [-0.2, -0.15) is 4.99 Å². The van der Waals surface area contributed by atoms with Crippen LogP contribution in [0, 0.1) is 0 Å². The highest BCUT2D eigenvalue weighted by Gasteiger charge is 2.11. The van der Waals surface area contributed by atoms with Crippen molar-refractivity contribution in [3.63, 3.8) is 0 Å². The van der Waals surface area contributed by atoms with E-state index in [9.17, 15) is 4.79 Å². The number of carbonyl (C=O) groups excluding carboxylic acids is 1. The molecular formula is C17H15BrN2O3S. The highest BCUT2D eigenvalue weighted by Crippen LogP contribution is 2.33. The maximum absolute atomic E-state index is 12.4. The zero-order valence-corrected chi connectivity index (χ0v) is 15.8. The number of carbonyl (C=O) groups is 1. The van der Waals surface area contributed by atoms with E-state index in [1.165, 1.54) is 11.3 Å². The third-order valence-corrected chi connectivity index (χ3v) is 5.23. The number of benzene rings is 2. The van der Waals surface area contributed by atoms with Gasteiger partial charge in [0.2, 0.25) is 0 Å². The Labute approximate surface area is 151 Å². The number of fused-ring (bicyclic) bond motifs is 1. The molecule has 0 N–H and O–H groups in total. The van der Waals surface area contributed by atoms with Crippen LogP contribution in [0.2, 0.25) is 0 Å². The molecule has 5 nitrogen and oxygen atoms in total. The second kappa shape index (κ2) is 6.78. The Morgan fingerprint density at radius 3 is 2.38 bits per heavy atom. The number of hydrogen-bond acceptors (Lipinski definition) is 4. The number of halogens is 1. The summed E-state index contributed by atoms with van der Waals surface area (Å²) in [6.07, 6.45) is 0. The van der Waals surface area contributed by atoms with Crippen LogP contribution < -0.4 is 14.3 Å². The van der Waals surface area contributed by atoms with Crippen molar-refractivity contribution >= 4 is 43.4 Å². The van der Waals surface area contributed by atoms with Crippen molar-refractivity contribution in [2.45, 2.75) is 0 Å². The number of amides is 1. The predicted octanol–water partition coefficient (Wildman–Crippen LogP) is 3.76. The molecule has 3 aromatic rings. The lowest BCUT2D eigenvalue weighted by atomic mass is 10.2. The molecule has 0 unspecified atom stereocenters. The Kier molecular flexibility index (Phi) is 4.73. The monoisotopic (exact) mass is 406 g/mol. The molecule has 1 aromatic heterocycles. The van der Waals surface area contributed by atoms with Crippen molar-refractivity contribution < 1.29 is 14.3 Å². The van der Waals surface area contributed by atoms with Crippen LogP contribution in [0.3, 0.4) is 0 Å². The first-order valence-corrected chi connectivity index (χ1v) is 8.70. The minimum Gasteiger partial charge on any atom is -0.493 e. The molecule has 0 saturated carbocycles. The molecule has 1 amide bonds. The summed E-state index contributed by atoms with van der Waals surface area (Å²) >= 11 is 4.79. The number of thiazole rings is 1. The molecule has 1 heterocycles. The molecule has 24 heavy (non-hydrogen) atoms. The molecule has 3 rings (SSSR count). The fraction of sp³-hybridized carbons (Fsp3) is 0.176. The van der Waals surface area contributed by atoms with Crippen LogP contribution in [0.4, 0.5) is 0 Å².